The van der Waals surface area contributed by atoms with Crippen LogP contribution >= 0.6 is 0 Å². The molecule has 0 bridgehead atoms. The number of rotatable bonds is 5. The van der Waals surface area contributed by atoms with Gasteiger partial charge in [0, 0.05) is 12.6 Å². The van der Waals surface area contributed by atoms with Crippen LogP contribution in [0.1, 0.15) is 26.0 Å². The normalized spacial score (nSPS) is 27.8. The monoisotopic (exact) mass is 313 g/mol. The van der Waals surface area contributed by atoms with E-state index in [0.29, 0.717) is 12.8 Å². The molecule has 9 heteroatoms. The van der Waals surface area contributed by atoms with Crippen LogP contribution in [0.25, 0.3) is 0 Å². The summed E-state index contributed by atoms with van der Waals surface area (Å²) >= 11 is 0. The van der Waals surface area contributed by atoms with Crippen molar-refractivity contribution < 1.29 is 24.9 Å². The summed E-state index contributed by atoms with van der Waals surface area (Å²) in [4.78, 5) is 27.1. The molecule has 0 unspecified atom stereocenters. The second-order valence-electron chi connectivity index (χ2n) is 5.03. The summed E-state index contributed by atoms with van der Waals surface area (Å²) in [6.45, 7) is 1.37. The SMILES string of the molecule is CCCC(=O)Nc1ccn([C@@H]2O[C@H](CO)[C@@H](O)[C@H]2O)c(=O)n1. The van der Waals surface area contributed by atoms with E-state index in [1.807, 2.05) is 6.92 Å². The molecule has 1 saturated heterocycles. The van der Waals surface area contributed by atoms with Crippen LogP contribution in [0.3, 0.4) is 0 Å². The number of carbonyl (C=O) groups excluding carboxylic acids is 1. The van der Waals surface area contributed by atoms with Crippen molar-refractivity contribution in [3.8, 4) is 0 Å². The molecule has 1 aromatic heterocycles. The van der Waals surface area contributed by atoms with Gasteiger partial charge in [0.1, 0.15) is 24.1 Å². The number of aliphatic hydroxyl groups excluding tert-OH is 3. The maximum Gasteiger partial charge on any atom is 0.351 e. The fourth-order valence-corrected chi connectivity index (χ4v) is 2.22. The van der Waals surface area contributed by atoms with E-state index in [9.17, 15) is 19.8 Å². The average Bonchev–Trinajstić information content (AvgIpc) is 2.75. The van der Waals surface area contributed by atoms with Gasteiger partial charge in [-0.3, -0.25) is 9.36 Å². The fourth-order valence-electron chi connectivity index (χ4n) is 2.22. The molecule has 0 aromatic carbocycles. The first-order chi connectivity index (χ1) is 10.5. The van der Waals surface area contributed by atoms with Gasteiger partial charge in [0.05, 0.1) is 6.61 Å². The molecule has 1 fully saturated rings. The minimum Gasteiger partial charge on any atom is -0.394 e. The number of hydrogen-bond donors (Lipinski definition) is 4. The molecule has 1 aromatic rings. The molecular weight excluding hydrogens is 294 g/mol. The molecule has 22 heavy (non-hydrogen) atoms. The lowest BCUT2D eigenvalue weighted by atomic mass is 10.1. The molecule has 0 saturated carbocycles. The number of aliphatic hydroxyl groups is 3. The van der Waals surface area contributed by atoms with Crippen LogP contribution in [0.4, 0.5) is 5.82 Å². The van der Waals surface area contributed by atoms with Crippen molar-refractivity contribution in [1.29, 1.82) is 0 Å². The van der Waals surface area contributed by atoms with E-state index < -0.39 is 36.8 Å². The first-order valence-corrected chi connectivity index (χ1v) is 6.99. The summed E-state index contributed by atoms with van der Waals surface area (Å²) in [5.74, 6) is -0.147. The predicted octanol–water partition coefficient (Wildman–Crippen LogP) is -1.41. The summed E-state index contributed by atoms with van der Waals surface area (Å²) in [6, 6.07) is 1.39. The van der Waals surface area contributed by atoms with Crippen molar-refractivity contribution in [3.63, 3.8) is 0 Å². The Labute approximate surface area is 126 Å². The highest BCUT2D eigenvalue weighted by Crippen LogP contribution is 2.28. The van der Waals surface area contributed by atoms with Crippen LogP contribution in [-0.4, -0.2) is 55.7 Å². The molecule has 1 aliphatic heterocycles. The second-order valence-corrected chi connectivity index (χ2v) is 5.03. The molecule has 4 N–H and O–H groups in total. The lowest BCUT2D eigenvalue weighted by molar-refractivity contribution is -0.116. The van der Waals surface area contributed by atoms with E-state index in [2.05, 4.69) is 10.3 Å². The third-order valence-corrected chi connectivity index (χ3v) is 3.37. The predicted molar refractivity (Wildman–Crippen MR) is 75.0 cm³/mol. The third kappa shape index (κ3) is 3.33. The second kappa shape index (κ2) is 6.97. The van der Waals surface area contributed by atoms with E-state index in [0.717, 1.165) is 4.57 Å². The highest BCUT2D eigenvalue weighted by atomic mass is 16.6. The summed E-state index contributed by atoms with van der Waals surface area (Å²) in [5.41, 5.74) is -0.746. The Morgan fingerprint density at radius 3 is 2.73 bits per heavy atom. The lowest BCUT2D eigenvalue weighted by Gasteiger charge is -2.17. The molecule has 122 valence electrons. The van der Waals surface area contributed by atoms with E-state index in [1.165, 1.54) is 12.3 Å². The van der Waals surface area contributed by atoms with Crippen molar-refractivity contribution >= 4 is 11.7 Å². The number of ether oxygens (including phenoxy) is 1. The van der Waals surface area contributed by atoms with Crippen LogP contribution in [0.15, 0.2) is 17.1 Å². The number of nitrogens with one attached hydrogen (secondary N) is 1. The molecule has 2 rings (SSSR count). The van der Waals surface area contributed by atoms with Gasteiger partial charge in [-0.25, -0.2) is 4.79 Å². The van der Waals surface area contributed by atoms with Crippen molar-refractivity contribution in [3.05, 3.63) is 22.7 Å². The Hall–Kier alpha value is -1.81. The Morgan fingerprint density at radius 2 is 2.18 bits per heavy atom. The summed E-state index contributed by atoms with van der Waals surface area (Å²) in [7, 11) is 0. The van der Waals surface area contributed by atoms with E-state index in [4.69, 9.17) is 9.84 Å². The maximum atomic E-state index is 12.0. The molecule has 4 atom stereocenters. The summed E-state index contributed by atoms with van der Waals surface area (Å²) in [5, 5.41) is 31.1. The number of nitrogens with zero attached hydrogens (tertiary/aromatic N) is 2. The van der Waals surface area contributed by atoms with Gasteiger partial charge in [0.25, 0.3) is 0 Å². The van der Waals surface area contributed by atoms with Crippen LogP contribution in [-0.2, 0) is 9.53 Å². The third-order valence-electron chi connectivity index (χ3n) is 3.37. The number of anilines is 1. The molecule has 2 heterocycles. The van der Waals surface area contributed by atoms with Gasteiger partial charge in [0.2, 0.25) is 5.91 Å². The zero-order chi connectivity index (χ0) is 16.3. The Morgan fingerprint density at radius 1 is 1.45 bits per heavy atom. The highest BCUT2D eigenvalue weighted by Gasteiger charge is 2.43. The van der Waals surface area contributed by atoms with Gasteiger partial charge in [0.15, 0.2) is 6.23 Å². The zero-order valence-corrected chi connectivity index (χ0v) is 12.0. The highest BCUT2D eigenvalue weighted by molar-refractivity contribution is 5.89. The van der Waals surface area contributed by atoms with Crippen LogP contribution in [0.2, 0.25) is 0 Å². The maximum absolute atomic E-state index is 12.0. The van der Waals surface area contributed by atoms with Crippen LogP contribution < -0.4 is 11.0 Å². The molecule has 0 radical (unpaired) electrons. The number of hydrogen-bond acceptors (Lipinski definition) is 7. The van der Waals surface area contributed by atoms with E-state index in [1.54, 1.807) is 0 Å². The fraction of sp³-hybridized carbons (Fsp3) is 0.615. The van der Waals surface area contributed by atoms with Gasteiger partial charge in [-0.2, -0.15) is 4.98 Å². The topological polar surface area (TPSA) is 134 Å². The zero-order valence-electron chi connectivity index (χ0n) is 12.0. The first-order valence-electron chi connectivity index (χ1n) is 6.99. The first kappa shape index (κ1) is 16.6. The van der Waals surface area contributed by atoms with Crippen molar-refractivity contribution in [2.45, 2.75) is 44.3 Å². The largest absolute Gasteiger partial charge is 0.394 e. The summed E-state index contributed by atoms with van der Waals surface area (Å²) < 4.78 is 6.25. The smallest absolute Gasteiger partial charge is 0.351 e. The quantitative estimate of drug-likeness (QED) is 0.525. The Kier molecular flexibility index (Phi) is 5.24. The molecule has 1 amide bonds. The van der Waals surface area contributed by atoms with Crippen molar-refractivity contribution in [2.75, 3.05) is 11.9 Å². The average molecular weight is 313 g/mol. The minimum atomic E-state index is -1.36. The van der Waals surface area contributed by atoms with E-state index >= 15 is 0 Å². The number of carbonyl (C=O) groups is 1. The minimum absolute atomic E-state index is 0.103. The Bertz CT molecular complexity index is 589. The molecule has 0 aliphatic carbocycles. The van der Waals surface area contributed by atoms with Crippen molar-refractivity contribution in [1.82, 2.24) is 9.55 Å². The van der Waals surface area contributed by atoms with Crippen molar-refractivity contribution in [2.24, 2.45) is 0 Å². The van der Waals surface area contributed by atoms with Gasteiger partial charge < -0.3 is 25.4 Å². The number of aromatic nitrogens is 2. The van der Waals surface area contributed by atoms with Gasteiger partial charge in [-0.1, -0.05) is 6.92 Å². The Balaban J connectivity index is 2.17. The van der Waals surface area contributed by atoms with Gasteiger partial charge in [-0.05, 0) is 12.5 Å². The molecule has 1 aliphatic rings. The van der Waals surface area contributed by atoms with Crippen LogP contribution in [0.5, 0.6) is 0 Å². The van der Waals surface area contributed by atoms with E-state index in [-0.39, 0.29) is 11.7 Å². The lowest BCUT2D eigenvalue weighted by Crippen LogP contribution is -2.36. The summed E-state index contributed by atoms with van der Waals surface area (Å²) in [6.07, 6.45) is -2.49. The van der Waals surface area contributed by atoms with Gasteiger partial charge in [-0.15, -0.1) is 0 Å². The number of amides is 1. The standard InChI is InChI=1S/C13H19N3O6/c1-2-3-9(18)14-8-4-5-16(13(21)15-8)12-11(20)10(19)7(6-17)22-12/h4-5,7,10-12,17,19-20H,2-3,6H2,1H3,(H,14,15,18,21)/t7-,10-,11-,12-/m1/s1. The molecule has 9 nitrogen and oxygen atoms in total. The van der Waals surface area contributed by atoms with Gasteiger partial charge >= 0.3 is 5.69 Å². The molecule has 0 spiro atoms. The van der Waals surface area contributed by atoms with Crippen LogP contribution in [0, 0.1) is 0 Å². The molecular formula is C13H19N3O6.